The molecule has 1 aromatic heterocycles. The summed E-state index contributed by atoms with van der Waals surface area (Å²) < 4.78 is 1.74. The van der Waals surface area contributed by atoms with E-state index in [1.54, 1.807) is 4.68 Å². The van der Waals surface area contributed by atoms with Gasteiger partial charge in [0.15, 0.2) is 5.78 Å². The first-order valence-electron chi connectivity index (χ1n) is 10.6. The van der Waals surface area contributed by atoms with Crippen molar-refractivity contribution in [1.29, 1.82) is 0 Å². The van der Waals surface area contributed by atoms with Gasteiger partial charge in [-0.2, -0.15) is 5.10 Å². The van der Waals surface area contributed by atoms with Crippen molar-refractivity contribution < 1.29 is 9.59 Å². The number of Topliss-reactive ketones (excluding diaryl/α,β-unsaturated/α-hetero) is 1. The van der Waals surface area contributed by atoms with E-state index in [2.05, 4.69) is 29.5 Å². The molecule has 1 amide bonds. The van der Waals surface area contributed by atoms with Crippen molar-refractivity contribution >= 4 is 28.3 Å². The van der Waals surface area contributed by atoms with Crippen molar-refractivity contribution in [3.05, 3.63) is 89.1 Å². The van der Waals surface area contributed by atoms with Gasteiger partial charge in [-0.3, -0.25) is 9.59 Å². The third kappa shape index (κ3) is 3.32. The van der Waals surface area contributed by atoms with E-state index in [0.717, 1.165) is 34.1 Å². The minimum atomic E-state index is -0.548. The van der Waals surface area contributed by atoms with Crippen molar-refractivity contribution in [1.82, 2.24) is 9.78 Å². The van der Waals surface area contributed by atoms with Crippen LogP contribution in [0, 0.1) is 6.92 Å². The van der Waals surface area contributed by atoms with Crippen LogP contribution >= 0.6 is 0 Å². The highest BCUT2D eigenvalue weighted by Gasteiger charge is 2.36. The third-order valence-corrected chi connectivity index (χ3v) is 6.04. The lowest BCUT2D eigenvalue weighted by molar-refractivity contribution is -0.116. The number of carbonyl (C=O) groups is 2. The van der Waals surface area contributed by atoms with Gasteiger partial charge in [-0.05, 0) is 47.9 Å². The molecule has 154 valence electrons. The lowest BCUT2D eigenvalue weighted by atomic mass is 9.85. The van der Waals surface area contributed by atoms with Crippen molar-refractivity contribution in [2.45, 2.75) is 32.6 Å². The average Bonchev–Trinajstić information content (AvgIpc) is 3.13. The van der Waals surface area contributed by atoms with Crippen molar-refractivity contribution in [3.63, 3.8) is 0 Å². The molecule has 5 rings (SSSR count). The number of aryl methyl sites for hydroxylation is 2. The number of benzene rings is 3. The minimum absolute atomic E-state index is 0.0502. The summed E-state index contributed by atoms with van der Waals surface area (Å²) in [6, 6.07) is 21.8. The van der Waals surface area contributed by atoms with Gasteiger partial charge in [0, 0.05) is 17.5 Å². The molecule has 5 heteroatoms. The fraction of sp³-hybridized carbons (Fsp3) is 0.192. The van der Waals surface area contributed by atoms with E-state index in [-0.39, 0.29) is 18.1 Å². The molecule has 0 aliphatic carbocycles. The van der Waals surface area contributed by atoms with Crippen molar-refractivity contribution in [2.75, 3.05) is 5.32 Å². The number of amides is 1. The average molecular weight is 409 g/mol. The summed E-state index contributed by atoms with van der Waals surface area (Å²) in [5.74, 6) is -0.172. The van der Waals surface area contributed by atoms with E-state index in [4.69, 9.17) is 0 Å². The summed E-state index contributed by atoms with van der Waals surface area (Å²) >= 11 is 0. The van der Waals surface area contributed by atoms with Crippen LogP contribution in [0.5, 0.6) is 0 Å². The molecule has 1 unspecified atom stereocenters. The van der Waals surface area contributed by atoms with E-state index in [9.17, 15) is 9.59 Å². The van der Waals surface area contributed by atoms with Gasteiger partial charge in [0.05, 0.1) is 17.3 Å². The zero-order valence-electron chi connectivity index (χ0n) is 17.6. The summed E-state index contributed by atoms with van der Waals surface area (Å²) in [7, 11) is 0. The van der Waals surface area contributed by atoms with E-state index in [1.165, 1.54) is 5.56 Å². The number of ketones is 1. The Morgan fingerprint density at radius 3 is 2.55 bits per heavy atom. The molecule has 0 fully saturated rings. The molecule has 0 radical (unpaired) electrons. The molecule has 31 heavy (non-hydrogen) atoms. The van der Waals surface area contributed by atoms with E-state index >= 15 is 0 Å². The zero-order valence-corrected chi connectivity index (χ0v) is 17.6. The summed E-state index contributed by atoms with van der Waals surface area (Å²) in [6.45, 7) is 4.01. The second kappa shape index (κ2) is 7.51. The Kier molecular flexibility index (Phi) is 4.66. The van der Waals surface area contributed by atoms with Gasteiger partial charge in [0.1, 0.15) is 5.82 Å². The van der Waals surface area contributed by atoms with Crippen LogP contribution < -0.4 is 5.32 Å². The number of hydrogen-bond donors (Lipinski definition) is 1. The second-order valence-electron chi connectivity index (χ2n) is 8.01. The summed E-state index contributed by atoms with van der Waals surface area (Å²) in [6.07, 6.45) is 1.08. The summed E-state index contributed by atoms with van der Waals surface area (Å²) in [5.41, 5.74) is 4.27. The van der Waals surface area contributed by atoms with Gasteiger partial charge < -0.3 is 5.32 Å². The molecular formula is C26H23N3O2. The van der Waals surface area contributed by atoms with Crippen LogP contribution in [0.4, 0.5) is 5.82 Å². The number of nitrogens with one attached hydrogen (secondary N) is 1. The van der Waals surface area contributed by atoms with Gasteiger partial charge in [-0.25, -0.2) is 4.68 Å². The summed E-state index contributed by atoms with van der Waals surface area (Å²) in [4.78, 5) is 26.1. The molecule has 0 saturated heterocycles. The molecule has 0 bridgehead atoms. The first kappa shape index (κ1) is 19.2. The van der Waals surface area contributed by atoms with Gasteiger partial charge in [-0.15, -0.1) is 0 Å². The van der Waals surface area contributed by atoms with Crippen molar-refractivity contribution in [3.8, 4) is 5.69 Å². The van der Waals surface area contributed by atoms with Gasteiger partial charge in [-0.1, -0.05) is 55.5 Å². The van der Waals surface area contributed by atoms with Gasteiger partial charge in [0.2, 0.25) is 5.91 Å². The summed E-state index contributed by atoms with van der Waals surface area (Å²) in [5, 5.41) is 9.73. The quantitative estimate of drug-likeness (QED) is 0.471. The SMILES string of the molecule is CCc1ccc(-n2nc(C)c3c2NC(=O)CC3C(=O)c2ccc3ccccc3c2)cc1. The Hall–Kier alpha value is -3.73. The molecule has 1 N–H and O–H groups in total. The van der Waals surface area contributed by atoms with Gasteiger partial charge in [0.25, 0.3) is 0 Å². The van der Waals surface area contributed by atoms with Crippen molar-refractivity contribution in [2.24, 2.45) is 0 Å². The standard InChI is InChI=1S/C26H23N3O2/c1-3-17-8-12-21(13-9-17)29-26-24(16(2)28-29)22(15-23(30)27-26)25(31)20-11-10-18-6-4-5-7-19(18)14-20/h4-14,22H,3,15H2,1-2H3,(H,27,30). The Morgan fingerprint density at radius 1 is 1.06 bits per heavy atom. The molecule has 1 atom stereocenters. The van der Waals surface area contributed by atoms with E-state index < -0.39 is 5.92 Å². The molecule has 0 spiro atoms. The monoisotopic (exact) mass is 409 g/mol. The van der Waals surface area contributed by atoms with Crippen LogP contribution in [0.15, 0.2) is 66.7 Å². The highest BCUT2D eigenvalue weighted by molar-refractivity contribution is 6.09. The number of rotatable bonds is 4. The van der Waals surface area contributed by atoms with Gasteiger partial charge >= 0.3 is 0 Å². The molecule has 1 aliphatic rings. The highest BCUT2D eigenvalue weighted by atomic mass is 16.2. The first-order valence-corrected chi connectivity index (χ1v) is 10.6. The molecular weight excluding hydrogens is 386 g/mol. The zero-order chi connectivity index (χ0) is 21.5. The van der Waals surface area contributed by atoms with E-state index in [0.29, 0.717) is 11.4 Å². The highest BCUT2D eigenvalue weighted by Crippen LogP contribution is 2.38. The lowest BCUT2D eigenvalue weighted by Crippen LogP contribution is -2.28. The van der Waals surface area contributed by atoms with E-state index in [1.807, 2.05) is 61.5 Å². The number of anilines is 1. The Morgan fingerprint density at radius 2 is 1.81 bits per heavy atom. The predicted octanol–water partition coefficient (Wildman–Crippen LogP) is 5.21. The number of fused-ring (bicyclic) bond motifs is 2. The molecule has 5 nitrogen and oxygen atoms in total. The normalized spacial score (nSPS) is 15.5. The Balaban J connectivity index is 1.58. The second-order valence-corrected chi connectivity index (χ2v) is 8.01. The van der Waals surface area contributed by atoms with Crippen LogP contribution in [0.25, 0.3) is 16.5 Å². The Bertz CT molecular complexity index is 1320. The molecule has 3 aromatic carbocycles. The topological polar surface area (TPSA) is 64.0 Å². The lowest BCUT2D eigenvalue weighted by Gasteiger charge is -2.23. The third-order valence-electron chi connectivity index (χ3n) is 6.04. The van der Waals surface area contributed by atoms with Crippen LogP contribution in [-0.4, -0.2) is 21.5 Å². The number of hydrogen-bond acceptors (Lipinski definition) is 3. The van der Waals surface area contributed by atoms with Crippen LogP contribution in [-0.2, 0) is 11.2 Å². The fourth-order valence-electron chi connectivity index (χ4n) is 4.37. The molecule has 2 heterocycles. The number of aromatic nitrogens is 2. The first-order chi connectivity index (χ1) is 15.0. The predicted molar refractivity (Wildman–Crippen MR) is 122 cm³/mol. The number of nitrogens with zero attached hydrogens (tertiary/aromatic N) is 2. The molecule has 0 saturated carbocycles. The van der Waals surface area contributed by atoms with Crippen LogP contribution in [0.3, 0.4) is 0 Å². The minimum Gasteiger partial charge on any atom is -0.310 e. The molecule has 4 aromatic rings. The fourth-order valence-corrected chi connectivity index (χ4v) is 4.37. The Labute approximate surface area is 180 Å². The maximum absolute atomic E-state index is 13.5. The largest absolute Gasteiger partial charge is 0.310 e. The molecule has 1 aliphatic heterocycles. The van der Waals surface area contributed by atoms with Crippen LogP contribution in [0.2, 0.25) is 0 Å². The van der Waals surface area contributed by atoms with Crippen LogP contribution in [0.1, 0.15) is 46.4 Å². The maximum Gasteiger partial charge on any atom is 0.226 e. The smallest absolute Gasteiger partial charge is 0.226 e. The number of carbonyl (C=O) groups excluding carboxylic acids is 2. The maximum atomic E-state index is 13.5.